The summed E-state index contributed by atoms with van der Waals surface area (Å²) in [6.07, 6.45) is 0.973. The predicted molar refractivity (Wildman–Crippen MR) is 88.1 cm³/mol. The first kappa shape index (κ1) is 18.0. The van der Waals surface area contributed by atoms with E-state index in [1.54, 1.807) is 30.3 Å². The van der Waals surface area contributed by atoms with Gasteiger partial charge in [-0.15, -0.1) is 0 Å². The second-order valence-electron chi connectivity index (χ2n) is 4.75. The van der Waals surface area contributed by atoms with Crippen molar-refractivity contribution in [2.45, 2.75) is 24.9 Å². The fourth-order valence-corrected chi connectivity index (χ4v) is 1.76. The number of benzene rings is 2. The van der Waals surface area contributed by atoms with Crippen molar-refractivity contribution in [3.8, 4) is 5.75 Å². The molecule has 118 valence electrons. The highest BCUT2D eigenvalue weighted by atomic mass is 35.5. The van der Waals surface area contributed by atoms with Crippen LogP contribution in [0.25, 0.3) is 0 Å². The van der Waals surface area contributed by atoms with Crippen LogP contribution in [0.5, 0.6) is 5.75 Å². The topological polar surface area (TPSA) is 72.6 Å². The van der Waals surface area contributed by atoms with E-state index in [4.69, 9.17) is 27.2 Å². The Kier molecular flexibility index (Phi) is 8.04. The molecule has 0 aromatic heterocycles. The highest BCUT2D eigenvalue weighted by Gasteiger charge is 2.14. The monoisotopic (exact) mass is 321 g/mol. The minimum atomic E-state index is -1.33. The first-order valence-corrected chi connectivity index (χ1v) is 7.30. The standard InChI is InChI=1S/C9H13N.C8H7ClO3/c1-8(10)7-9-5-3-2-4-6-9;9-7(8(10)11)12-6-4-2-1-3-5-6/h2-6,8H,7,10H2,1H3;1-5,7H,(H,10,11). The van der Waals surface area contributed by atoms with Crippen LogP contribution in [0.3, 0.4) is 0 Å². The van der Waals surface area contributed by atoms with Crippen molar-refractivity contribution in [2.75, 3.05) is 0 Å². The number of alkyl halides is 1. The smallest absolute Gasteiger partial charge is 0.360 e. The van der Waals surface area contributed by atoms with Crippen LogP contribution < -0.4 is 10.5 Å². The Morgan fingerprint density at radius 3 is 2.09 bits per heavy atom. The molecule has 3 N–H and O–H groups in total. The van der Waals surface area contributed by atoms with Gasteiger partial charge in [0.1, 0.15) is 5.75 Å². The number of rotatable bonds is 5. The molecule has 0 aliphatic carbocycles. The molecule has 2 atom stereocenters. The number of para-hydroxylation sites is 1. The molecular formula is C17H20ClNO3. The maximum Gasteiger partial charge on any atom is 0.360 e. The fraction of sp³-hybridized carbons (Fsp3) is 0.235. The number of hydrogen-bond acceptors (Lipinski definition) is 3. The Labute approximate surface area is 135 Å². The molecule has 4 nitrogen and oxygen atoms in total. The van der Waals surface area contributed by atoms with Gasteiger partial charge in [-0.3, -0.25) is 0 Å². The summed E-state index contributed by atoms with van der Waals surface area (Å²) in [6, 6.07) is 19.1. The molecule has 22 heavy (non-hydrogen) atoms. The highest BCUT2D eigenvalue weighted by Crippen LogP contribution is 2.12. The van der Waals surface area contributed by atoms with Crippen molar-refractivity contribution in [2.24, 2.45) is 5.73 Å². The first-order valence-electron chi connectivity index (χ1n) is 6.87. The number of hydrogen-bond donors (Lipinski definition) is 2. The normalized spacial score (nSPS) is 12.5. The molecule has 2 rings (SSSR count). The Balaban J connectivity index is 0.000000224. The van der Waals surface area contributed by atoms with Gasteiger partial charge in [0.05, 0.1) is 0 Å². The van der Waals surface area contributed by atoms with Crippen LogP contribution in [0.2, 0.25) is 0 Å². The molecule has 0 radical (unpaired) electrons. The van der Waals surface area contributed by atoms with Gasteiger partial charge >= 0.3 is 5.97 Å². The molecular weight excluding hydrogens is 302 g/mol. The summed E-state index contributed by atoms with van der Waals surface area (Å²) in [5.41, 5.74) is 5.62. The number of aliphatic carboxylic acids is 1. The van der Waals surface area contributed by atoms with E-state index in [0.717, 1.165) is 6.42 Å². The molecule has 0 amide bonds. The van der Waals surface area contributed by atoms with E-state index in [1.807, 2.05) is 25.1 Å². The molecule has 0 aliphatic rings. The van der Waals surface area contributed by atoms with Crippen molar-refractivity contribution in [3.63, 3.8) is 0 Å². The van der Waals surface area contributed by atoms with Crippen LogP contribution >= 0.6 is 11.6 Å². The van der Waals surface area contributed by atoms with Crippen molar-refractivity contribution in [1.29, 1.82) is 0 Å². The first-order chi connectivity index (χ1) is 10.5. The molecule has 2 aromatic carbocycles. The minimum Gasteiger partial charge on any atom is -0.478 e. The number of carboxylic acid groups (broad SMARTS) is 1. The zero-order valence-electron chi connectivity index (χ0n) is 12.4. The summed E-state index contributed by atoms with van der Waals surface area (Å²) in [5, 5.41) is 8.39. The number of ether oxygens (including phenoxy) is 1. The maximum absolute atomic E-state index is 10.2. The van der Waals surface area contributed by atoms with Crippen molar-refractivity contribution in [1.82, 2.24) is 0 Å². The van der Waals surface area contributed by atoms with Crippen LogP contribution in [0, 0.1) is 0 Å². The Morgan fingerprint density at radius 1 is 1.14 bits per heavy atom. The molecule has 2 aromatic rings. The zero-order chi connectivity index (χ0) is 16.4. The Hall–Kier alpha value is -2.04. The quantitative estimate of drug-likeness (QED) is 0.829. The second-order valence-corrected chi connectivity index (χ2v) is 5.15. The van der Waals surface area contributed by atoms with Gasteiger partial charge in [0.15, 0.2) is 0 Å². The minimum absolute atomic E-state index is 0.266. The Morgan fingerprint density at radius 2 is 1.64 bits per heavy atom. The summed E-state index contributed by atoms with van der Waals surface area (Å²) in [6.45, 7) is 2.02. The van der Waals surface area contributed by atoms with Crippen LogP contribution in [-0.2, 0) is 11.2 Å². The molecule has 0 bridgehead atoms. The second kappa shape index (κ2) is 9.82. The molecule has 0 saturated heterocycles. The molecule has 0 saturated carbocycles. The van der Waals surface area contributed by atoms with Gasteiger partial charge < -0.3 is 15.6 Å². The van der Waals surface area contributed by atoms with Crippen molar-refractivity contribution >= 4 is 17.6 Å². The lowest BCUT2D eigenvalue weighted by atomic mass is 10.1. The number of nitrogens with two attached hydrogens (primary N) is 1. The van der Waals surface area contributed by atoms with E-state index in [-0.39, 0.29) is 6.04 Å². The molecule has 0 spiro atoms. The summed E-state index contributed by atoms with van der Waals surface area (Å²) < 4.78 is 4.84. The highest BCUT2D eigenvalue weighted by molar-refractivity contribution is 6.28. The van der Waals surface area contributed by atoms with Crippen LogP contribution in [0.15, 0.2) is 60.7 Å². The summed E-state index contributed by atoms with van der Waals surface area (Å²) in [7, 11) is 0. The van der Waals surface area contributed by atoms with E-state index in [1.165, 1.54) is 5.56 Å². The maximum atomic E-state index is 10.2. The number of carboxylic acids is 1. The van der Waals surface area contributed by atoms with Gasteiger partial charge in [-0.25, -0.2) is 4.79 Å². The van der Waals surface area contributed by atoms with Gasteiger partial charge in [0, 0.05) is 6.04 Å². The van der Waals surface area contributed by atoms with Crippen LogP contribution in [0.4, 0.5) is 0 Å². The fourth-order valence-electron chi connectivity index (χ4n) is 1.65. The third-order valence-corrected chi connectivity index (χ3v) is 2.85. The van der Waals surface area contributed by atoms with Crippen LogP contribution in [0.1, 0.15) is 12.5 Å². The van der Waals surface area contributed by atoms with E-state index in [0.29, 0.717) is 5.75 Å². The molecule has 0 fully saturated rings. The summed E-state index contributed by atoms with van der Waals surface area (Å²) in [4.78, 5) is 10.2. The average Bonchev–Trinajstić information content (AvgIpc) is 2.49. The number of carbonyl (C=O) groups is 1. The predicted octanol–water partition coefficient (Wildman–Crippen LogP) is 3.29. The van der Waals surface area contributed by atoms with E-state index >= 15 is 0 Å². The molecule has 2 unspecified atom stereocenters. The molecule has 0 aliphatic heterocycles. The number of halogens is 1. The lowest BCUT2D eigenvalue weighted by Gasteiger charge is -2.06. The van der Waals surface area contributed by atoms with Crippen molar-refractivity contribution < 1.29 is 14.6 Å². The third kappa shape index (κ3) is 7.67. The zero-order valence-corrected chi connectivity index (χ0v) is 13.1. The van der Waals surface area contributed by atoms with Gasteiger partial charge in [0.25, 0.3) is 5.56 Å². The van der Waals surface area contributed by atoms with E-state index < -0.39 is 11.5 Å². The molecule has 5 heteroatoms. The lowest BCUT2D eigenvalue weighted by molar-refractivity contribution is -0.141. The van der Waals surface area contributed by atoms with Gasteiger partial charge in [0.2, 0.25) is 0 Å². The third-order valence-electron chi connectivity index (χ3n) is 2.58. The van der Waals surface area contributed by atoms with Gasteiger partial charge in [-0.1, -0.05) is 60.1 Å². The largest absolute Gasteiger partial charge is 0.478 e. The Bertz CT molecular complexity index is 546. The van der Waals surface area contributed by atoms with Crippen LogP contribution in [-0.4, -0.2) is 22.7 Å². The van der Waals surface area contributed by atoms with E-state index in [2.05, 4.69) is 12.1 Å². The summed E-state index contributed by atoms with van der Waals surface area (Å²) >= 11 is 5.33. The summed E-state index contributed by atoms with van der Waals surface area (Å²) in [5.74, 6) is -0.750. The van der Waals surface area contributed by atoms with Gasteiger partial charge in [-0.2, -0.15) is 0 Å². The van der Waals surface area contributed by atoms with E-state index in [9.17, 15) is 4.79 Å². The van der Waals surface area contributed by atoms with Crippen molar-refractivity contribution in [3.05, 3.63) is 66.2 Å². The van der Waals surface area contributed by atoms with Gasteiger partial charge in [-0.05, 0) is 31.0 Å². The molecule has 0 heterocycles. The average molecular weight is 322 g/mol. The lowest BCUT2D eigenvalue weighted by Crippen LogP contribution is -2.19. The SMILES string of the molecule is CC(N)Cc1ccccc1.O=C(O)C(Cl)Oc1ccccc1.